The summed E-state index contributed by atoms with van der Waals surface area (Å²) >= 11 is 0. The molecule has 0 fully saturated rings. The number of nitrogens with zero attached hydrogens (tertiary/aromatic N) is 1. The maximum absolute atomic E-state index is 11.2. The first-order valence-corrected chi connectivity index (χ1v) is 5.92. The van der Waals surface area contributed by atoms with Crippen molar-refractivity contribution in [2.24, 2.45) is 0 Å². The zero-order chi connectivity index (χ0) is 10.7. The molecule has 1 unspecified atom stereocenters. The van der Waals surface area contributed by atoms with Crippen LogP contribution in [0.15, 0.2) is 0 Å². The monoisotopic (exact) mass is 204 g/mol. The van der Waals surface area contributed by atoms with E-state index in [1.54, 1.807) is 20.8 Å². The van der Waals surface area contributed by atoms with Gasteiger partial charge < -0.3 is 5.32 Å². The molecule has 0 heterocycles. The lowest BCUT2D eigenvalue weighted by atomic mass is 10.2. The number of sulfone groups is 1. The molecular weight excluding hydrogens is 188 g/mol. The molecule has 0 radical (unpaired) electrons. The van der Waals surface area contributed by atoms with Gasteiger partial charge in [0, 0.05) is 12.8 Å². The van der Waals surface area contributed by atoms with Crippen LogP contribution in [-0.4, -0.2) is 32.0 Å². The Bertz CT molecular complexity index is 301. The van der Waals surface area contributed by atoms with Crippen molar-refractivity contribution in [1.29, 1.82) is 5.26 Å². The van der Waals surface area contributed by atoms with E-state index < -0.39 is 14.6 Å². The predicted molar refractivity (Wildman–Crippen MR) is 52.0 cm³/mol. The number of hydrogen-bond donors (Lipinski definition) is 1. The van der Waals surface area contributed by atoms with Gasteiger partial charge in [0.2, 0.25) is 0 Å². The molecule has 0 aromatic heterocycles. The Labute approximate surface area is 79.9 Å². The van der Waals surface area contributed by atoms with E-state index in [1.807, 2.05) is 6.07 Å². The zero-order valence-electron chi connectivity index (χ0n) is 8.46. The summed E-state index contributed by atoms with van der Waals surface area (Å²) in [5, 5.41) is 11.3. The highest BCUT2D eigenvalue weighted by atomic mass is 32.2. The number of rotatable bonds is 4. The highest BCUT2D eigenvalue weighted by Crippen LogP contribution is 2.13. The van der Waals surface area contributed by atoms with Crippen LogP contribution in [0.2, 0.25) is 0 Å². The molecule has 0 aromatic carbocycles. The van der Waals surface area contributed by atoms with Crippen molar-refractivity contribution in [3.63, 3.8) is 0 Å². The third-order valence-electron chi connectivity index (χ3n) is 2.03. The van der Waals surface area contributed by atoms with Crippen molar-refractivity contribution in [2.75, 3.05) is 12.8 Å². The molecule has 4 nitrogen and oxygen atoms in total. The van der Waals surface area contributed by atoms with Gasteiger partial charge in [-0.3, -0.25) is 0 Å². The molecule has 76 valence electrons. The van der Waals surface area contributed by atoms with Crippen LogP contribution in [0, 0.1) is 11.3 Å². The Kier molecular flexibility index (Phi) is 3.88. The molecule has 0 aliphatic heterocycles. The maximum atomic E-state index is 11.2. The molecule has 0 aliphatic rings. The lowest BCUT2D eigenvalue weighted by Crippen LogP contribution is -2.44. The van der Waals surface area contributed by atoms with Gasteiger partial charge in [0.1, 0.15) is 0 Å². The summed E-state index contributed by atoms with van der Waals surface area (Å²) in [6.45, 7) is 5.26. The molecule has 0 rings (SSSR count). The molecule has 0 aliphatic carbocycles. The van der Waals surface area contributed by atoms with Gasteiger partial charge in [0.05, 0.1) is 16.9 Å². The van der Waals surface area contributed by atoms with Gasteiger partial charge in [-0.25, -0.2) is 8.42 Å². The standard InChI is InChI=1S/C8H16N2O2S/c1-7(5-9)10-6-8(2,3)13(4,11)12/h7,10H,6H2,1-4H3. The molecule has 0 amide bonds. The number of hydrogen-bond acceptors (Lipinski definition) is 4. The van der Waals surface area contributed by atoms with Gasteiger partial charge in [-0.2, -0.15) is 5.26 Å². The fraction of sp³-hybridized carbons (Fsp3) is 0.875. The second-order valence-corrected chi connectivity index (χ2v) is 6.41. The summed E-state index contributed by atoms with van der Waals surface area (Å²) in [7, 11) is -3.08. The Morgan fingerprint density at radius 1 is 1.54 bits per heavy atom. The summed E-state index contributed by atoms with van der Waals surface area (Å²) in [5.41, 5.74) is 0. The van der Waals surface area contributed by atoms with E-state index in [0.717, 1.165) is 0 Å². The van der Waals surface area contributed by atoms with Gasteiger partial charge in [0.25, 0.3) is 0 Å². The lowest BCUT2D eigenvalue weighted by molar-refractivity contribution is 0.511. The normalized spacial score (nSPS) is 15.0. The molecule has 5 heteroatoms. The molecular formula is C8H16N2O2S. The van der Waals surface area contributed by atoms with E-state index in [1.165, 1.54) is 6.26 Å². The minimum Gasteiger partial charge on any atom is -0.301 e. The van der Waals surface area contributed by atoms with E-state index in [4.69, 9.17) is 5.26 Å². The van der Waals surface area contributed by atoms with E-state index in [0.29, 0.717) is 6.54 Å². The third kappa shape index (κ3) is 3.75. The number of nitriles is 1. The fourth-order valence-corrected chi connectivity index (χ4v) is 0.921. The van der Waals surface area contributed by atoms with Gasteiger partial charge >= 0.3 is 0 Å². The summed E-state index contributed by atoms with van der Waals surface area (Å²) in [6, 6.07) is 1.66. The minimum atomic E-state index is -3.08. The van der Waals surface area contributed by atoms with E-state index in [2.05, 4.69) is 5.32 Å². The van der Waals surface area contributed by atoms with Crippen molar-refractivity contribution in [3.05, 3.63) is 0 Å². The van der Waals surface area contributed by atoms with Crippen LogP contribution in [0.4, 0.5) is 0 Å². The van der Waals surface area contributed by atoms with Gasteiger partial charge in [-0.05, 0) is 20.8 Å². The van der Waals surface area contributed by atoms with E-state index in [9.17, 15) is 8.42 Å². The van der Waals surface area contributed by atoms with Crippen LogP contribution in [0.25, 0.3) is 0 Å². The third-order valence-corrected chi connectivity index (χ3v) is 4.18. The average molecular weight is 204 g/mol. The topological polar surface area (TPSA) is 70.0 Å². The summed E-state index contributed by atoms with van der Waals surface area (Å²) in [6.07, 6.45) is 1.20. The van der Waals surface area contributed by atoms with E-state index in [-0.39, 0.29) is 6.04 Å². The first-order valence-electron chi connectivity index (χ1n) is 4.03. The SMILES string of the molecule is CC(C#N)NCC(C)(C)S(C)(=O)=O. The summed E-state index contributed by atoms with van der Waals surface area (Å²) in [4.78, 5) is 0. The second-order valence-electron chi connectivity index (χ2n) is 3.76. The Balaban J connectivity index is 4.31. The highest BCUT2D eigenvalue weighted by Gasteiger charge is 2.29. The van der Waals surface area contributed by atoms with Crippen LogP contribution in [0.3, 0.4) is 0 Å². The van der Waals surface area contributed by atoms with Crippen molar-refractivity contribution in [2.45, 2.75) is 31.6 Å². The average Bonchev–Trinajstić information content (AvgIpc) is 1.98. The predicted octanol–water partition coefficient (Wildman–Crippen LogP) is 0.311. The van der Waals surface area contributed by atoms with Gasteiger partial charge in [-0.15, -0.1) is 0 Å². The van der Waals surface area contributed by atoms with Gasteiger partial charge in [-0.1, -0.05) is 0 Å². The van der Waals surface area contributed by atoms with E-state index >= 15 is 0 Å². The van der Waals surface area contributed by atoms with Crippen molar-refractivity contribution >= 4 is 9.84 Å². The minimum absolute atomic E-state index is 0.292. The first-order chi connectivity index (χ1) is 5.70. The van der Waals surface area contributed by atoms with Crippen molar-refractivity contribution in [3.8, 4) is 6.07 Å². The molecule has 0 spiro atoms. The Morgan fingerprint density at radius 3 is 2.31 bits per heavy atom. The van der Waals surface area contributed by atoms with Crippen LogP contribution in [0.1, 0.15) is 20.8 Å². The van der Waals surface area contributed by atoms with Crippen LogP contribution in [0.5, 0.6) is 0 Å². The molecule has 0 saturated heterocycles. The Morgan fingerprint density at radius 2 is 2.00 bits per heavy atom. The van der Waals surface area contributed by atoms with Crippen LogP contribution < -0.4 is 5.32 Å². The second kappa shape index (κ2) is 4.07. The quantitative estimate of drug-likeness (QED) is 0.715. The number of nitrogens with one attached hydrogen (secondary N) is 1. The smallest absolute Gasteiger partial charge is 0.153 e. The largest absolute Gasteiger partial charge is 0.301 e. The highest BCUT2D eigenvalue weighted by molar-refractivity contribution is 7.92. The molecule has 0 aromatic rings. The molecule has 13 heavy (non-hydrogen) atoms. The van der Waals surface area contributed by atoms with Crippen molar-refractivity contribution < 1.29 is 8.42 Å². The van der Waals surface area contributed by atoms with Gasteiger partial charge in [0.15, 0.2) is 9.84 Å². The lowest BCUT2D eigenvalue weighted by Gasteiger charge is -2.23. The summed E-state index contributed by atoms with van der Waals surface area (Å²) < 4.78 is 21.6. The maximum Gasteiger partial charge on any atom is 0.153 e. The molecule has 1 atom stereocenters. The Hall–Kier alpha value is -0.600. The molecule has 0 saturated carbocycles. The van der Waals surface area contributed by atoms with Crippen molar-refractivity contribution in [1.82, 2.24) is 5.32 Å². The first kappa shape index (κ1) is 12.4. The fourth-order valence-electron chi connectivity index (χ4n) is 0.576. The summed E-state index contributed by atoms with van der Waals surface area (Å²) in [5.74, 6) is 0. The zero-order valence-corrected chi connectivity index (χ0v) is 9.27. The van der Waals surface area contributed by atoms with Crippen LogP contribution in [-0.2, 0) is 9.84 Å². The molecule has 1 N–H and O–H groups in total. The van der Waals surface area contributed by atoms with Crippen LogP contribution >= 0.6 is 0 Å². The molecule has 0 bridgehead atoms.